The SMILES string of the molecule is COCCCOc1cc(N2C(=O)[C@@H]3C[C@H](C(=O)O)CN(C3)C(=O)OC(C)(C)C3CC32)c(F)cc1C. The molecule has 1 aromatic rings. The largest absolute Gasteiger partial charge is 0.493 e. The second-order valence-electron chi connectivity index (χ2n) is 10.2. The third kappa shape index (κ3) is 5.07. The Bertz CT molecular complexity index is 1010. The van der Waals surface area contributed by atoms with Gasteiger partial charge in [0.15, 0.2) is 0 Å². The lowest BCUT2D eigenvalue weighted by Gasteiger charge is -2.40. The molecule has 2 saturated heterocycles. The van der Waals surface area contributed by atoms with Crippen molar-refractivity contribution in [2.45, 2.75) is 51.7 Å². The highest BCUT2D eigenvalue weighted by Crippen LogP contribution is 2.49. The number of nitrogens with zero attached hydrogens (tertiary/aromatic N) is 2. The van der Waals surface area contributed by atoms with E-state index in [0.717, 1.165) is 0 Å². The van der Waals surface area contributed by atoms with Crippen LogP contribution in [0, 0.1) is 30.5 Å². The fourth-order valence-corrected chi connectivity index (χ4v) is 5.21. The van der Waals surface area contributed by atoms with E-state index < -0.39 is 35.3 Å². The molecule has 10 heteroatoms. The summed E-state index contributed by atoms with van der Waals surface area (Å²) in [6.45, 7) is 6.18. The van der Waals surface area contributed by atoms with Crippen LogP contribution in [0.5, 0.6) is 5.75 Å². The maximum absolute atomic E-state index is 15.4. The number of carbonyl (C=O) groups is 3. The van der Waals surface area contributed by atoms with Gasteiger partial charge in [-0.1, -0.05) is 0 Å². The average molecular weight is 493 g/mol. The van der Waals surface area contributed by atoms with E-state index in [1.54, 1.807) is 33.9 Å². The Morgan fingerprint density at radius 1 is 1.23 bits per heavy atom. The number of halogens is 1. The highest BCUT2D eigenvalue weighted by Gasteiger charge is 2.57. The molecule has 2 heterocycles. The summed E-state index contributed by atoms with van der Waals surface area (Å²) >= 11 is 0. The van der Waals surface area contributed by atoms with E-state index in [0.29, 0.717) is 37.4 Å². The first-order valence-electron chi connectivity index (χ1n) is 12.0. The molecule has 2 bridgehead atoms. The molecule has 1 aromatic carbocycles. The number of carbonyl (C=O) groups excluding carboxylic acids is 2. The van der Waals surface area contributed by atoms with E-state index in [-0.39, 0.29) is 43.1 Å². The van der Waals surface area contributed by atoms with Gasteiger partial charge in [-0.05, 0) is 45.2 Å². The Kier molecular flexibility index (Phi) is 6.95. The number of carboxylic acid groups (broad SMARTS) is 1. The summed E-state index contributed by atoms with van der Waals surface area (Å²) in [6, 6.07) is 2.52. The van der Waals surface area contributed by atoms with Crippen molar-refractivity contribution in [2.24, 2.45) is 17.8 Å². The fourth-order valence-electron chi connectivity index (χ4n) is 5.21. The van der Waals surface area contributed by atoms with Crippen LogP contribution < -0.4 is 9.64 Å². The summed E-state index contributed by atoms with van der Waals surface area (Å²) in [5.41, 5.74) is -0.209. The maximum Gasteiger partial charge on any atom is 0.410 e. The highest BCUT2D eigenvalue weighted by molar-refractivity contribution is 5.97. The van der Waals surface area contributed by atoms with Crippen molar-refractivity contribution in [3.63, 3.8) is 0 Å². The molecule has 0 radical (unpaired) electrons. The van der Waals surface area contributed by atoms with Gasteiger partial charge in [0.2, 0.25) is 5.91 Å². The smallest absolute Gasteiger partial charge is 0.410 e. The average Bonchev–Trinajstić information content (AvgIpc) is 3.59. The molecule has 9 nitrogen and oxygen atoms in total. The van der Waals surface area contributed by atoms with E-state index >= 15 is 4.39 Å². The van der Waals surface area contributed by atoms with Gasteiger partial charge in [0.05, 0.1) is 24.1 Å². The van der Waals surface area contributed by atoms with Crippen LogP contribution in [0.4, 0.5) is 14.9 Å². The molecule has 0 aromatic heterocycles. The highest BCUT2D eigenvalue weighted by atomic mass is 19.1. The topological polar surface area (TPSA) is 106 Å². The first kappa shape index (κ1) is 25.2. The number of piperidine rings is 1. The lowest BCUT2D eigenvalue weighted by atomic mass is 9.87. The van der Waals surface area contributed by atoms with Crippen LogP contribution in [0.25, 0.3) is 0 Å². The Morgan fingerprint density at radius 2 is 1.97 bits per heavy atom. The third-order valence-corrected chi connectivity index (χ3v) is 7.23. The van der Waals surface area contributed by atoms with Crippen LogP contribution in [-0.4, -0.2) is 73.0 Å². The summed E-state index contributed by atoms with van der Waals surface area (Å²) in [5, 5.41) is 9.64. The van der Waals surface area contributed by atoms with Crippen LogP contribution in [0.1, 0.15) is 38.7 Å². The minimum Gasteiger partial charge on any atom is -0.493 e. The van der Waals surface area contributed by atoms with Crippen molar-refractivity contribution >= 4 is 23.7 Å². The van der Waals surface area contributed by atoms with Gasteiger partial charge in [0.1, 0.15) is 17.2 Å². The number of rotatable bonds is 7. The van der Waals surface area contributed by atoms with Gasteiger partial charge in [-0.2, -0.15) is 0 Å². The summed E-state index contributed by atoms with van der Waals surface area (Å²) < 4.78 is 32.0. The first-order chi connectivity index (χ1) is 16.5. The molecule has 2 amide bonds. The van der Waals surface area contributed by atoms with Crippen molar-refractivity contribution in [1.82, 2.24) is 4.90 Å². The van der Waals surface area contributed by atoms with Gasteiger partial charge in [-0.25, -0.2) is 9.18 Å². The van der Waals surface area contributed by atoms with Crippen LogP contribution in [-0.2, 0) is 19.1 Å². The summed E-state index contributed by atoms with van der Waals surface area (Å²) in [6.07, 6.45) is 0.650. The zero-order chi connectivity index (χ0) is 25.5. The monoisotopic (exact) mass is 492 g/mol. The van der Waals surface area contributed by atoms with Crippen molar-refractivity contribution in [3.05, 3.63) is 23.5 Å². The van der Waals surface area contributed by atoms with E-state index in [9.17, 15) is 19.5 Å². The molecule has 35 heavy (non-hydrogen) atoms. The Morgan fingerprint density at radius 3 is 2.66 bits per heavy atom. The number of cyclic esters (lactones) is 1. The van der Waals surface area contributed by atoms with Crippen molar-refractivity contribution in [3.8, 4) is 5.75 Å². The number of fused-ring (bicyclic) bond motifs is 3. The molecule has 4 atom stereocenters. The molecule has 0 spiro atoms. The van der Waals surface area contributed by atoms with Crippen LogP contribution >= 0.6 is 0 Å². The number of ether oxygens (including phenoxy) is 3. The Hall–Kier alpha value is -2.88. The molecule has 1 saturated carbocycles. The second kappa shape index (κ2) is 9.64. The van der Waals surface area contributed by atoms with Crippen molar-refractivity contribution in [1.29, 1.82) is 0 Å². The van der Waals surface area contributed by atoms with Gasteiger partial charge in [0, 0.05) is 51.3 Å². The van der Waals surface area contributed by atoms with Crippen molar-refractivity contribution < 1.29 is 38.1 Å². The molecule has 3 aliphatic rings. The van der Waals surface area contributed by atoms with Gasteiger partial charge in [0.25, 0.3) is 0 Å². The molecule has 1 aliphatic carbocycles. The standard InChI is InChI=1S/C25H33FN2O7/c1-14-8-18(26)20(11-21(14)34-7-5-6-33-4)28-19-10-17(19)25(2,3)35-24(32)27-12-15(22(28)29)9-16(13-27)23(30)31/h8,11,15-17,19H,5-7,9-10,12-13H2,1-4H3,(H,30,31)/t15-,16+,17?,19?/m1/s1. The van der Waals surface area contributed by atoms with E-state index in [1.807, 2.05) is 0 Å². The number of aliphatic carboxylic acids is 1. The molecule has 1 N–H and O–H groups in total. The lowest BCUT2D eigenvalue weighted by molar-refractivity contribution is -0.145. The maximum atomic E-state index is 15.4. The van der Waals surface area contributed by atoms with Gasteiger partial charge in [-0.15, -0.1) is 0 Å². The Labute approximate surface area is 204 Å². The number of carboxylic acids is 1. The quantitative estimate of drug-likeness (QED) is 0.583. The van der Waals surface area contributed by atoms with Gasteiger partial charge >= 0.3 is 12.1 Å². The first-order valence-corrected chi connectivity index (χ1v) is 12.0. The molecule has 3 fully saturated rings. The number of anilines is 1. The molecule has 4 rings (SSSR count). The number of hydrogen-bond acceptors (Lipinski definition) is 6. The Balaban J connectivity index is 1.72. The van der Waals surface area contributed by atoms with Crippen LogP contribution in [0.2, 0.25) is 0 Å². The third-order valence-electron chi connectivity index (χ3n) is 7.23. The minimum absolute atomic E-state index is 0.0271. The fraction of sp³-hybridized carbons (Fsp3) is 0.640. The predicted molar refractivity (Wildman–Crippen MR) is 124 cm³/mol. The number of benzene rings is 1. The van der Waals surface area contributed by atoms with Crippen LogP contribution in [0.15, 0.2) is 12.1 Å². The van der Waals surface area contributed by atoms with Gasteiger partial charge < -0.3 is 29.1 Å². The zero-order valence-corrected chi connectivity index (χ0v) is 20.6. The van der Waals surface area contributed by atoms with Crippen molar-refractivity contribution in [2.75, 3.05) is 38.3 Å². The normalized spacial score (nSPS) is 27.7. The number of amides is 2. The zero-order valence-electron chi connectivity index (χ0n) is 20.6. The van der Waals surface area contributed by atoms with Gasteiger partial charge in [-0.3, -0.25) is 9.59 Å². The van der Waals surface area contributed by atoms with E-state index in [4.69, 9.17) is 14.2 Å². The second-order valence-corrected chi connectivity index (χ2v) is 10.2. The predicted octanol–water partition coefficient (Wildman–Crippen LogP) is 3.22. The molecule has 2 aliphatic heterocycles. The number of aryl methyl sites for hydroxylation is 1. The molecule has 192 valence electrons. The summed E-state index contributed by atoms with van der Waals surface area (Å²) in [7, 11) is 1.60. The van der Waals surface area contributed by atoms with Crippen LogP contribution in [0.3, 0.4) is 0 Å². The molecule has 2 unspecified atom stereocenters. The lowest BCUT2D eigenvalue weighted by Crippen LogP contribution is -2.54. The summed E-state index contributed by atoms with van der Waals surface area (Å²) in [5.74, 6) is -3.43. The minimum atomic E-state index is -1.08. The van der Waals surface area contributed by atoms with E-state index in [2.05, 4.69) is 0 Å². The number of hydrogen-bond donors (Lipinski definition) is 1. The molecular weight excluding hydrogens is 459 g/mol. The number of methoxy groups -OCH3 is 1. The molecular formula is C25H33FN2O7. The summed E-state index contributed by atoms with van der Waals surface area (Å²) in [4.78, 5) is 41.3. The van der Waals surface area contributed by atoms with E-state index in [1.165, 1.54) is 15.9 Å².